The van der Waals surface area contributed by atoms with Crippen molar-refractivity contribution in [3.8, 4) is 0 Å². The first-order valence-electron chi connectivity index (χ1n) is 7.35. The summed E-state index contributed by atoms with van der Waals surface area (Å²) in [7, 11) is -6.65. The van der Waals surface area contributed by atoms with E-state index < -0.39 is 26.0 Å². The molecule has 0 unspecified atom stereocenters. The predicted molar refractivity (Wildman–Crippen MR) is 105 cm³/mol. The Balaban J connectivity index is 0.000000277. The predicted octanol–water partition coefficient (Wildman–Crippen LogP) is 1.83. The van der Waals surface area contributed by atoms with E-state index in [1.807, 2.05) is 18.2 Å². The van der Waals surface area contributed by atoms with Crippen molar-refractivity contribution >= 4 is 38.4 Å². The van der Waals surface area contributed by atoms with Crippen LogP contribution < -0.4 is 0 Å². The number of hydrogen-bond donors (Lipinski definition) is 1. The van der Waals surface area contributed by atoms with Crippen LogP contribution in [0.1, 0.15) is 21.5 Å². The minimum absolute atomic E-state index is 0.145. The van der Waals surface area contributed by atoms with Crippen LogP contribution in [0.3, 0.4) is 0 Å². The summed E-state index contributed by atoms with van der Waals surface area (Å²) in [5.74, 6) is -1.03. The number of rotatable bonds is 5. The highest BCUT2D eigenvalue weighted by Gasteiger charge is 2.01. The molecule has 27 heavy (non-hydrogen) atoms. The van der Waals surface area contributed by atoms with E-state index in [0.29, 0.717) is 5.56 Å². The van der Waals surface area contributed by atoms with Crippen LogP contribution in [0, 0.1) is 0 Å². The molecule has 2 rings (SSSR count). The lowest BCUT2D eigenvalue weighted by molar-refractivity contribution is 0.0697. The highest BCUT2D eigenvalue weighted by Crippen LogP contribution is 2.02. The molecule has 0 heterocycles. The molecule has 0 aliphatic carbocycles. The first-order valence-corrected chi connectivity index (χ1v) is 11.0. The first-order chi connectivity index (χ1) is 12.5. The van der Waals surface area contributed by atoms with E-state index in [1.165, 1.54) is 36.7 Å². The zero-order valence-electron chi connectivity index (χ0n) is 14.6. The normalized spacial score (nSPS) is 11.9. The van der Waals surface area contributed by atoms with Gasteiger partial charge in [-0.15, -0.1) is 0 Å². The van der Waals surface area contributed by atoms with Gasteiger partial charge in [0.15, 0.2) is 0 Å². The molecule has 0 aliphatic rings. The van der Waals surface area contributed by atoms with Crippen LogP contribution in [-0.2, 0) is 20.0 Å². The fraction of sp³-hybridized carbons (Fsp3) is 0.118. The summed E-state index contributed by atoms with van der Waals surface area (Å²) in [6.07, 6.45) is 4.54. The van der Waals surface area contributed by atoms with Gasteiger partial charge in [0, 0.05) is 12.4 Å². The topological polar surface area (TPSA) is 130 Å². The Labute approximate surface area is 158 Å². The number of aromatic carboxylic acids is 1. The standard InChI is InChI=1S/C9H9NO4S.C8H9NO2S/c1-15(13,14)10-6-7-2-4-8(5-3-7)9(11)12;1-12(10,11)9-7-8-5-3-2-4-6-8/h2-6H,1H3,(H,11,12);2-7H,1H3. The molecule has 0 aliphatic heterocycles. The van der Waals surface area contributed by atoms with Crippen LogP contribution in [-0.4, -0.2) is 52.9 Å². The second kappa shape index (κ2) is 9.74. The zero-order valence-corrected chi connectivity index (χ0v) is 16.2. The quantitative estimate of drug-likeness (QED) is 0.748. The van der Waals surface area contributed by atoms with Crippen molar-refractivity contribution in [3.05, 3.63) is 71.3 Å². The fourth-order valence-corrected chi connectivity index (χ4v) is 2.19. The van der Waals surface area contributed by atoms with Gasteiger partial charge in [-0.3, -0.25) is 0 Å². The van der Waals surface area contributed by atoms with Crippen molar-refractivity contribution in [2.75, 3.05) is 12.5 Å². The van der Waals surface area contributed by atoms with Gasteiger partial charge in [-0.25, -0.2) is 21.6 Å². The van der Waals surface area contributed by atoms with E-state index in [2.05, 4.69) is 8.80 Å². The van der Waals surface area contributed by atoms with Crippen molar-refractivity contribution in [2.45, 2.75) is 0 Å². The third-order valence-corrected chi connectivity index (χ3v) is 3.72. The maximum absolute atomic E-state index is 10.7. The number of nitrogens with zero attached hydrogens (tertiary/aromatic N) is 2. The maximum atomic E-state index is 10.7. The first kappa shape index (κ1) is 22.2. The second-order valence-electron chi connectivity index (χ2n) is 5.27. The SMILES string of the molecule is CS(=O)(=O)N=Cc1ccc(C(=O)O)cc1.CS(=O)(=O)N=Cc1ccccc1. The molecule has 144 valence electrons. The zero-order chi connectivity index (χ0) is 20.5. The molecular weight excluding hydrogens is 392 g/mol. The molecule has 0 radical (unpaired) electrons. The number of hydrogen-bond acceptors (Lipinski definition) is 5. The largest absolute Gasteiger partial charge is 0.478 e. The molecule has 1 N–H and O–H groups in total. The maximum Gasteiger partial charge on any atom is 0.335 e. The Hall–Kier alpha value is -2.85. The molecule has 0 fully saturated rings. The molecule has 10 heteroatoms. The molecule has 2 aromatic carbocycles. The van der Waals surface area contributed by atoms with E-state index >= 15 is 0 Å². The smallest absolute Gasteiger partial charge is 0.335 e. The van der Waals surface area contributed by atoms with Crippen molar-refractivity contribution < 1.29 is 26.7 Å². The molecule has 0 spiro atoms. The van der Waals surface area contributed by atoms with E-state index in [1.54, 1.807) is 12.1 Å². The Kier molecular flexibility index (Phi) is 8.00. The number of carboxylic acid groups (broad SMARTS) is 1. The molecule has 0 saturated heterocycles. The van der Waals surface area contributed by atoms with Gasteiger partial charge in [-0.2, -0.15) is 8.80 Å². The molecule has 0 atom stereocenters. The van der Waals surface area contributed by atoms with Crippen LogP contribution in [0.2, 0.25) is 0 Å². The number of carboxylic acids is 1. The Morgan fingerprint density at radius 1 is 0.778 bits per heavy atom. The van der Waals surface area contributed by atoms with Crippen molar-refractivity contribution in [3.63, 3.8) is 0 Å². The molecule has 0 aromatic heterocycles. The highest BCUT2D eigenvalue weighted by molar-refractivity contribution is 7.89. The van der Waals surface area contributed by atoms with E-state index in [9.17, 15) is 21.6 Å². The van der Waals surface area contributed by atoms with Gasteiger partial charge in [0.2, 0.25) is 20.0 Å². The Morgan fingerprint density at radius 2 is 1.19 bits per heavy atom. The summed E-state index contributed by atoms with van der Waals surface area (Å²) < 4.78 is 49.3. The third-order valence-electron chi connectivity index (χ3n) is 2.74. The van der Waals surface area contributed by atoms with Crippen molar-refractivity contribution in [1.29, 1.82) is 0 Å². The monoisotopic (exact) mass is 410 g/mol. The lowest BCUT2D eigenvalue weighted by Crippen LogP contribution is -1.96. The van der Waals surface area contributed by atoms with Gasteiger partial charge in [0.1, 0.15) is 0 Å². The summed E-state index contributed by atoms with van der Waals surface area (Å²) in [6, 6.07) is 14.8. The molecule has 0 bridgehead atoms. The Morgan fingerprint density at radius 3 is 1.56 bits per heavy atom. The molecular formula is C17H18N2O6S2. The van der Waals surface area contributed by atoms with Crippen molar-refractivity contribution in [2.24, 2.45) is 8.80 Å². The summed E-state index contributed by atoms with van der Waals surface area (Å²) in [5, 5.41) is 8.61. The van der Waals surface area contributed by atoms with Gasteiger partial charge in [-0.1, -0.05) is 42.5 Å². The summed E-state index contributed by atoms with van der Waals surface area (Å²) in [5.41, 5.74) is 1.46. The number of sulfonamides is 2. The highest BCUT2D eigenvalue weighted by atomic mass is 32.2. The molecule has 2 aromatic rings. The van der Waals surface area contributed by atoms with Gasteiger partial charge in [0.05, 0.1) is 18.1 Å². The minimum Gasteiger partial charge on any atom is -0.478 e. The van der Waals surface area contributed by atoms with E-state index in [0.717, 1.165) is 18.1 Å². The van der Waals surface area contributed by atoms with Crippen LogP contribution in [0.5, 0.6) is 0 Å². The van der Waals surface area contributed by atoms with Crippen LogP contribution >= 0.6 is 0 Å². The fourth-order valence-electron chi connectivity index (χ4n) is 1.56. The molecule has 0 saturated carbocycles. The molecule has 8 nitrogen and oxygen atoms in total. The number of carbonyl (C=O) groups is 1. The average molecular weight is 410 g/mol. The van der Waals surface area contributed by atoms with Crippen LogP contribution in [0.15, 0.2) is 63.4 Å². The van der Waals surface area contributed by atoms with Crippen LogP contribution in [0.4, 0.5) is 0 Å². The van der Waals surface area contributed by atoms with Crippen molar-refractivity contribution in [1.82, 2.24) is 0 Å². The van der Waals surface area contributed by atoms with Gasteiger partial charge in [-0.05, 0) is 23.3 Å². The van der Waals surface area contributed by atoms with Gasteiger partial charge in [0.25, 0.3) is 0 Å². The minimum atomic E-state index is -3.40. The van der Waals surface area contributed by atoms with Gasteiger partial charge < -0.3 is 5.11 Å². The lowest BCUT2D eigenvalue weighted by atomic mass is 10.1. The summed E-state index contributed by atoms with van der Waals surface area (Å²) >= 11 is 0. The van der Waals surface area contributed by atoms with E-state index in [4.69, 9.17) is 5.11 Å². The van der Waals surface area contributed by atoms with Gasteiger partial charge >= 0.3 is 5.97 Å². The second-order valence-corrected chi connectivity index (χ2v) is 8.63. The average Bonchev–Trinajstić information content (AvgIpc) is 2.59. The third kappa shape index (κ3) is 10.7. The lowest BCUT2D eigenvalue weighted by Gasteiger charge is -1.94. The number of benzene rings is 2. The molecule has 0 amide bonds. The van der Waals surface area contributed by atoms with E-state index in [-0.39, 0.29) is 5.56 Å². The Bertz CT molecular complexity index is 1030. The summed E-state index contributed by atoms with van der Waals surface area (Å²) in [4.78, 5) is 10.5. The van der Waals surface area contributed by atoms with Crippen LogP contribution in [0.25, 0.3) is 0 Å². The summed E-state index contributed by atoms with van der Waals surface area (Å²) in [6.45, 7) is 0.